The molecule has 1 unspecified atom stereocenters. The Balaban J connectivity index is 1.34. The summed E-state index contributed by atoms with van der Waals surface area (Å²) in [5.74, 6) is -0.779. The van der Waals surface area contributed by atoms with Gasteiger partial charge in [-0.2, -0.15) is 0 Å². The Kier molecular flexibility index (Phi) is 11.0. The second-order valence-corrected chi connectivity index (χ2v) is 11.3. The average molecular weight is 561 g/mol. The highest BCUT2D eigenvalue weighted by molar-refractivity contribution is 5.21. The number of hydrogen-bond donors (Lipinski definition) is 0. The fraction of sp³-hybridized carbons (Fsp3) is 0.486. The van der Waals surface area contributed by atoms with Crippen LogP contribution in [0.25, 0.3) is 0 Å². The van der Waals surface area contributed by atoms with E-state index in [1.807, 2.05) is 68.4 Å². The summed E-state index contributed by atoms with van der Waals surface area (Å²) in [5, 5.41) is 0. The van der Waals surface area contributed by atoms with Gasteiger partial charge >= 0.3 is 0 Å². The maximum absolute atomic E-state index is 6.64. The minimum absolute atomic E-state index is 0.0981. The summed E-state index contributed by atoms with van der Waals surface area (Å²) in [7, 11) is 0. The zero-order chi connectivity index (χ0) is 28.3. The molecule has 3 aromatic carbocycles. The van der Waals surface area contributed by atoms with Crippen molar-refractivity contribution >= 4 is 0 Å². The van der Waals surface area contributed by atoms with E-state index in [1.165, 1.54) is 0 Å². The molecule has 2 heterocycles. The third-order valence-corrected chi connectivity index (χ3v) is 7.61. The van der Waals surface area contributed by atoms with Gasteiger partial charge in [0, 0.05) is 13.2 Å². The van der Waals surface area contributed by atoms with Gasteiger partial charge in [0.2, 0.25) is 0 Å². The highest BCUT2D eigenvalue weighted by Crippen LogP contribution is 2.40. The van der Waals surface area contributed by atoms with Crippen molar-refractivity contribution < 1.29 is 28.4 Å². The first-order valence-corrected chi connectivity index (χ1v) is 15.0. The molecule has 3 aromatic rings. The van der Waals surface area contributed by atoms with E-state index < -0.39 is 5.79 Å². The largest absolute Gasteiger partial charge is 0.371 e. The van der Waals surface area contributed by atoms with Crippen molar-refractivity contribution in [3.8, 4) is 0 Å². The maximum atomic E-state index is 6.64. The predicted octanol–water partition coefficient (Wildman–Crippen LogP) is 7.37. The third-order valence-electron chi connectivity index (χ3n) is 7.61. The lowest BCUT2D eigenvalue weighted by atomic mass is 9.95. The molecular formula is C35H44O6. The zero-order valence-corrected chi connectivity index (χ0v) is 24.4. The SMILES string of the molecule is CC1(C)O[C@@H]([C@@H](OCc2ccccc2)c2ccccc2)[C@@H]([C@H](CCCOC2CCCCO2)OCc2ccccc2)O1. The normalized spacial score (nSPS) is 23.7. The van der Waals surface area contributed by atoms with Crippen LogP contribution in [0.15, 0.2) is 91.0 Å². The van der Waals surface area contributed by atoms with Gasteiger partial charge in [-0.05, 0) is 62.6 Å². The molecule has 6 heteroatoms. The van der Waals surface area contributed by atoms with Crippen LogP contribution in [0.1, 0.15) is 68.7 Å². The van der Waals surface area contributed by atoms with Gasteiger partial charge < -0.3 is 28.4 Å². The molecule has 0 radical (unpaired) electrons. The summed E-state index contributed by atoms with van der Waals surface area (Å²) in [6.45, 7) is 6.30. The summed E-state index contributed by atoms with van der Waals surface area (Å²) in [5.41, 5.74) is 3.29. The first-order valence-electron chi connectivity index (χ1n) is 15.0. The van der Waals surface area contributed by atoms with Crippen LogP contribution in [-0.2, 0) is 41.6 Å². The van der Waals surface area contributed by atoms with Gasteiger partial charge in [0.05, 0.1) is 19.3 Å². The van der Waals surface area contributed by atoms with Gasteiger partial charge in [0.25, 0.3) is 0 Å². The van der Waals surface area contributed by atoms with E-state index in [4.69, 9.17) is 28.4 Å². The van der Waals surface area contributed by atoms with Gasteiger partial charge in [-0.1, -0.05) is 91.0 Å². The van der Waals surface area contributed by atoms with Gasteiger partial charge in [-0.15, -0.1) is 0 Å². The van der Waals surface area contributed by atoms with Crippen LogP contribution in [0.5, 0.6) is 0 Å². The lowest BCUT2D eigenvalue weighted by molar-refractivity contribution is -0.170. The summed E-state index contributed by atoms with van der Waals surface area (Å²) >= 11 is 0. The lowest BCUT2D eigenvalue weighted by Crippen LogP contribution is -2.41. The molecule has 0 spiro atoms. The highest BCUT2D eigenvalue weighted by atomic mass is 16.8. The molecule has 5 rings (SSSR count). The molecule has 0 bridgehead atoms. The van der Waals surface area contributed by atoms with Crippen molar-refractivity contribution in [1.29, 1.82) is 0 Å². The minimum Gasteiger partial charge on any atom is -0.371 e. The molecular weight excluding hydrogens is 516 g/mol. The molecule has 2 aliphatic heterocycles. The molecule has 6 nitrogen and oxygen atoms in total. The van der Waals surface area contributed by atoms with E-state index in [-0.39, 0.29) is 30.7 Å². The Morgan fingerprint density at radius 3 is 2.00 bits per heavy atom. The van der Waals surface area contributed by atoms with E-state index in [1.54, 1.807) is 0 Å². The molecule has 0 amide bonds. The highest BCUT2D eigenvalue weighted by Gasteiger charge is 2.49. The second kappa shape index (κ2) is 15.1. The Morgan fingerprint density at radius 1 is 0.756 bits per heavy atom. The van der Waals surface area contributed by atoms with E-state index in [0.29, 0.717) is 19.8 Å². The van der Waals surface area contributed by atoms with Crippen LogP contribution in [-0.4, -0.2) is 43.6 Å². The van der Waals surface area contributed by atoms with Crippen molar-refractivity contribution in [3.05, 3.63) is 108 Å². The first-order chi connectivity index (χ1) is 20.1. The monoisotopic (exact) mass is 560 g/mol. The van der Waals surface area contributed by atoms with Crippen molar-refractivity contribution in [2.75, 3.05) is 13.2 Å². The van der Waals surface area contributed by atoms with E-state index in [9.17, 15) is 0 Å². The summed E-state index contributed by atoms with van der Waals surface area (Å²) in [6, 6.07) is 30.8. The predicted molar refractivity (Wildman–Crippen MR) is 158 cm³/mol. The van der Waals surface area contributed by atoms with Crippen LogP contribution in [0.4, 0.5) is 0 Å². The van der Waals surface area contributed by atoms with Crippen LogP contribution >= 0.6 is 0 Å². The summed E-state index contributed by atoms with van der Waals surface area (Å²) in [6.07, 6.45) is 3.47. The lowest BCUT2D eigenvalue weighted by Gasteiger charge is -2.32. The first kappa shape index (κ1) is 29.9. The maximum Gasteiger partial charge on any atom is 0.164 e. The van der Waals surface area contributed by atoms with Crippen LogP contribution in [0.3, 0.4) is 0 Å². The molecule has 220 valence electrons. The molecule has 2 aliphatic rings. The Bertz CT molecular complexity index is 1130. The fourth-order valence-electron chi connectivity index (χ4n) is 5.58. The Labute approximate surface area is 244 Å². The summed E-state index contributed by atoms with van der Waals surface area (Å²) in [4.78, 5) is 0. The Morgan fingerprint density at radius 2 is 1.37 bits per heavy atom. The molecule has 0 N–H and O–H groups in total. The van der Waals surface area contributed by atoms with Crippen molar-refractivity contribution in [3.63, 3.8) is 0 Å². The molecule has 5 atom stereocenters. The minimum atomic E-state index is -0.779. The quantitative estimate of drug-likeness (QED) is 0.192. The number of benzene rings is 3. The zero-order valence-electron chi connectivity index (χ0n) is 24.4. The number of hydrogen-bond acceptors (Lipinski definition) is 6. The van der Waals surface area contributed by atoms with Crippen molar-refractivity contribution in [1.82, 2.24) is 0 Å². The van der Waals surface area contributed by atoms with Crippen LogP contribution in [0, 0.1) is 0 Å². The molecule has 0 aromatic heterocycles. The molecule has 41 heavy (non-hydrogen) atoms. The standard InChI is InChI=1S/C35H44O6/c1-35(2)40-33(34(41-35)32(29-19-10-5-11-20-29)39-26-28-17-8-4-9-18-28)30(38-25-27-15-6-3-7-16-27)21-14-24-37-31-22-12-13-23-36-31/h3-11,15-20,30-34H,12-14,21-26H2,1-2H3/t30-,31?,32-,33+,34-/m0/s1. The molecule has 0 aliphatic carbocycles. The van der Waals surface area contributed by atoms with Gasteiger partial charge in [0.15, 0.2) is 12.1 Å². The van der Waals surface area contributed by atoms with E-state index in [0.717, 1.165) is 55.4 Å². The van der Waals surface area contributed by atoms with Gasteiger partial charge in [-0.3, -0.25) is 0 Å². The second-order valence-electron chi connectivity index (χ2n) is 11.3. The van der Waals surface area contributed by atoms with E-state index >= 15 is 0 Å². The smallest absolute Gasteiger partial charge is 0.164 e. The third kappa shape index (κ3) is 8.95. The number of ether oxygens (including phenoxy) is 6. The average Bonchev–Trinajstić information content (AvgIpc) is 3.33. The topological polar surface area (TPSA) is 55.4 Å². The summed E-state index contributed by atoms with van der Waals surface area (Å²) < 4.78 is 38.3. The van der Waals surface area contributed by atoms with Gasteiger partial charge in [-0.25, -0.2) is 0 Å². The molecule has 0 saturated carbocycles. The van der Waals surface area contributed by atoms with Crippen LogP contribution in [0.2, 0.25) is 0 Å². The molecule has 2 fully saturated rings. The van der Waals surface area contributed by atoms with Crippen LogP contribution < -0.4 is 0 Å². The van der Waals surface area contributed by atoms with Gasteiger partial charge in [0.1, 0.15) is 18.3 Å². The van der Waals surface area contributed by atoms with Crippen molar-refractivity contribution in [2.24, 2.45) is 0 Å². The van der Waals surface area contributed by atoms with Crippen molar-refractivity contribution in [2.45, 2.75) is 95.7 Å². The van der Waals surface area contributed by atoms with E-state index in [2.05, 4.69) is 36.4 Å². The Hall–Kier alpha value is -2.58. The fourth-order valence-corrected chi connectivity index (χ4v) is 5.58. The molecule has 2 saturated heterocycles. The number of rotatable bonds is 14.